The van der Waals surface area contributed by atoms with Crippen molar-refractivity contribution < 1.29 is 9.18 Å². The topological polar surface area (TPSA) is 64.0 Å². The van der Waals surface area contributed by atoms with Gasteiger partial charge in [-0.1, -0.05) is 11.8 Å². The lowest BCUT2D eigenvalue weighted by atomic mass is 10.0. The van der Waals surface area contributed by atoms with Crippen molar-refractivity contribution in [3.63, 3.8) is 0 Å². The number of hydrogen-bond acceptors (Lipinski definition) is 5. The highest BCUT2D eigenvalue weighted by Gasteiger charge is 2.26. The SMILES string of the molecule is O=C(N[C@@H]1CCSc2ccc(F)cc21)c1cnc2n(c1=O)CCS2. The van der Waals surface area contributed by atoms with Gasteiger partial charge in [0.15, 0.2) is 5.16 Å². The Morgan fingerprint density at radius 2 is 2.21 bits per heavy atom. The van der Waals surface area contributed by atoms with Gasteiger partial charge in [-0.3, -0.25) is 14.2 Å². The molecule has 0 spiro atoms. The van der Waals surface area contributed by atoms with E-state index in [9.17, 15) is 14.0 Å². The lowest BCUT2D eigenvalue weighted by Gasteiger charge is -2.26. The number of carbonyl (C=O) groups excluding carboxylic acids is 1. The van der Waals surface area contributed by atoms with Crippen molar-refractivity contribution in [1.82, 2.24) is 14.9 Å². The van der Waals surface area contributed by atoms with E-state index in [1.54, 1.807) is 17.8 Å². The summed E-state index contributed by atoms with van der Waals surface area (Å²) in [6, 6.07) is 4.31. The molecule has 0 saturated carbocycles. The zero-order valence-corrected chi connectivity index (χ0v) is 14.3. The van der Waals surface area contributed by atoms with E-state index in [4.69, 9.17) is 0 Å². The number of nitrogens with one attached hydrogen (secondary N) is 1. The minimum absolute atomic E-state index is 0.0393. The maximum atomic E-state index is 13.6. The number of rotatable bonds is 2. The third-order valence-corrected chi connectivity index (χ3v) is 6.21. The van der Waals surface area contributed by atoms with E-state index >= 15 is 0 Å². The molecule has 0 saturated heterocycles. The number of nitrogens with zero attached hydrogens (tertiary/aromatic N) is 2. The fourth-order valence-electron chi connectivity index (χ4n) is 2.92. The zero-order chi connectivity index (χ0) is 16.7. The van der Waals surface area contributed by atoms with E-state index < -0.39 is 5.91 Å². The van der Waals surface area contributed by atoms with Crippen molar-refractivity contribution in [3.8, 4) is 0 Å². The molecule has 2 aliphatic heterocycles. The molecule has 0 radical (unpaired) electrons. The van der Waals surface area contributed by atoms with Crippen LogP contribution in [-0.4, -0.2) is 27.0 Å². The fraction of sp³-hybridized carbons (Fsp3) is 0.312. The van der Waals surface area contributed by atoms with Gasteiger partial charge in [-0.2, -0.15) is 0 Å². The highest BCUT2D eigenvalue weighted by Crippen LogP contribution is 2.36. The maximum Gasteiger partial charge on any atom is 0.267 e. The van der Waals surface area contributed by atoms with Crippen LogP contribution in [-0.2, 0) is 6.54 Å². The fourth-order valence-corrected chi connectivity index (χ4v) is 4.94. The van der Waals surface area contributed by atoms with E-state index in [1.807, 2.05) is 0 Å². The minimum Gasteiger partial charge on any atom is -0.345 e. The van der Waals surface area contributed by atoms with Gasteiger partial charge in [-0.25, -0.2) is 9.37 Å². The van der Waals surface area contributed by atoms with Crippen LogP contribution < -0.4 is 10.9 Å². The van der Waals surface area contributed by atoms with Gasteiger partial charge in [0.05, 0.1) is 6.04 Å². The predicted octanol–water partition coefficient (Wildman–Crippen LogP) is 2.46. The molecule has 2 aromatic rings. The number of fused-ring (bicyclic) bond motifs is 2. The quantitative estimate of drug-likeness (QED) is 0.831. The molecule has 0 fully saturated rings. The number of aromatic nitrogens is 2. The van der Waals surface area contributed by atoms with E-state index in [1.165, 1.54) is 34.7 Å². The van der Waals surface area contributed by atoms with Gasteiger partial charge < -0.3 is 5.32 Å². The lowest BCUT2D eigenvalue weighted by Crippen LogP contribution is -2.36. The van der Waals surface area contributed by atoms with Crippen LogP contribution in [0.3, 0.4) is 0 Å². The summed E-state index contributed by atoms with van der Waals surface area (Å²) in [6.07, 6.45) is 2.04. The van der Waals surface area contributed by atoms with Crippen LogP contribution >= 0.6 is 23.5 Å². The van der Waals surface area contributed by atoms with Crippen LogP contribution in [0.25, 0.3) is 0 Å². The van der Waals surface area contributed by atoms with E-state index in [0.717, 1.165) is 22.0 Å². The Hall–Kier alpha value is -1.80. The molecule has 5 nitrogen and oxygen atoms in total. The predicted molar refractivity (Wildman–Crippen MR) is 91.2 cm³/mol. The third kappa shape index (κ3) is 2.73. The van der Waals surface area contributed by atoms with Crippen molar-refractivity contribution in [1.29, 1.82) is 0 Å². The molecule has 1 aromatic carbocycles. The summed E-state index contributed by atoms with van der Waals surface area (Å²) in [5.41, 5.74) is 0.494. The standard InChI is InChI=1S/C16H14FN3O2S2/c17-9-1-2-13-10(7-9)12(3-5-23-13)19-14(21)11-8-18-16-20(15(11)22)4-6-24-16/h1-2,7-8,12H,3-6H2,(H,19,21)/t12-/m1/s1. The van der Waals surface area contributed by atoms with Gasteiger partial charge in [0.1, 0.15) is 11.4 Å². The summed E-state index contributed by atoms with van der Waals surface area (Å²) in [5, 5.41) is 3.52. The minimum atomic E-state index is -0.452. The van der Waals surface area contributed by atoms with E-state index in [2.05, 4.69) is 10.3 Å². The van der Waals surface area contributed by atoms with Crippen molar-refractivity contribution in [2.24, 2.45) is 0 Å². The summed E-state index contributed by atoms with van der Waals surface area (Å²) in [5.74, 6) is 0.847. The smallest absolute Gasteiger partial charge is 0.267 e. The van der Waals surface area contributed by atoms with E-state index in [-0.39, 0.29) is 23.0 Å². The first kappa shape index (κ1) is 15.7. The molecule has 2 aliphatic rings. The van der Waals surface area contributed by atoms with Gasteiger partial charge in [0.25, 0.3) is 11.5 Å². The van der Waals surface area contributed by atoms with Gasteiger partial charge in [0, 0.05) is 29.1 Å². The van der Waals surface area contributed by atoms with Gasteiger partial charge in [0.2, 0.25) is 0 Å². The second-order valence-electron chi connectivity index (χ2n) is 5.61. The number of halogens is 1. The highest BCUT2D eigenvalue weighted by molar-refractivity contribution is 7.99. The monoisotopic (exact) mass is 363 g/mol. The average molecular weight is 363 g/mol. The molecule has 124 valence electrons. The molecule has 1 atom stereocenters. The van der Waals surface area contributed by atoms with E-state index in [0.29, 0.717) is 18.1 Å². The summed E-state index contributed by atoms with van der Waals surface area (Å²) >= 11 is 3.15. The van der Waals surface area contributed by atoms with Crippen LogP contribution in [0.2, 0.25) is 0 Å². The maximum absolute atomic E-state index is 13.6. The molecule has 1 N–H and O–H groups in total. The normalized spacial score (nSPS) is 18.8. The second kappa shape index (κ2) is 6.25. The Kier molecular flexibility index (Phi) is 4.09. The van der Waals surface area contributed by atoms with Crippen molar-refractivity contribution in [3.05, 3.63) is 51.7 Å². The Balaban J connectivity index is 1.62. The number of amides is 1. The average Bonchev–Trinajstić information content (AvgIpc) is 3.05. The molecule has 0 aliphatic carbocycles. The number of thioether (sulfide) groups is 2. The lowest BCUT2D eigenvalue weighted by molar-refractivity contribution is 0.0932. The van der Waals surface area contributed by atoms with Crippen LogP contribution in [0.15, 0.2) is 39.2 Å². The second-order valence-corrected chi connectivity index (χ2v) is 7.80. The molecular weight excluding hydrogens is 349 g/mol. The highest BCUT2D eigenvalue weighted by atomic mass is 32.2. The summed E-state index contributed by atoms with van der Waals surface area (Å²) < 4.78 is 15.1. The molecule has 1 aromatic heterocycles. The molecule has 8 heteroatoms. The Labute approximate surface area is 146 Å². The summed E-state index contributed by atoms with van der Waals surface area (Å²) in [7, 11) is 0. The Morgan fingerprint density at radius 1 is 1.33 bits per heavy atom. The van der Waals surface area contributed by atoms with Gasteiger partial charge >= 0.3 is 0 Å². The van der Waals surface area contributed by atoms with Crippen molar-refractivity contribution in [2.75, 3.05) is 11.5 Å². The van der Waals surface area contributed by atoms with Crippen LogP contribution in [0.5, 0.6) is 0 Å². The molecule has 1 amide bonds. The largest absolute Gasteiger partial charge is 0.345 e. The molecule has 24 heavy (non-hydrogen) atoms. The Morgan fingerprint density at radius 3 is 3.08 bits per heavy atom. The van der Waals surface area contributed by atoms with Crippen molar-refractivity contribution >= 4 is 29.4 Å². The first-order valence-corrected chi connectivity index (χ1v) is 9.56. The van der Waals surface area contributed by atoms with Crippen LogP contribution in [0.1, 0.15) is 28.4 Å². The molecule has 3 heterocycles. The zero-order valence-electron chi connectivity index (χ0n) is 12.6. The third-order valence-electron chi connectivity index (χ3n) is 4.12. The number of carbonyl (C=O) groups is 1. The molecule has 0 unspecified atom stereocenters. The summed E-state index contributed by atoms with van der Waals surface area (Å²) in [6.45, 7) is 0.571. The van der Waals surface area contributed by atoms with Crippen molar-refractivity contribution in [2.45, 2.75) is 29.1 Å². The van der Waals surface area contributed by atoms with Gasteiger partial charge in [-0.15, -0.1) is 11.8 Å². The molecule has 4 rings (SSSR count). The Bertz CT molecular complexity index is 884. The van der Waals surface area contributed by atoms with Crippen LogP contribution in [0.4, 0.5) is 4.39 Å². The summed E-state index contributed by atoms with van der Waals surface area (Å²) in [4.78, 5) is 30.1. The first-order valence-electron chi connectivity index (χ1n) is 7.59. The molecular formula is C16H14FN3O2S2. The molecule has 0 bridgehead atoms. The number of hydrogen-bond donors (Lipinski definition) is 1. The number of benzene rings is 1. The first-order chi connectivity index (χ1) is 11.6. The van der Waals surface area contributed by atoms with Gasteiger partial charge in [-0.05, 0) is 30.2 Å². The van der Waals surface area contributed by atoms with Crippen LogP contribution in [0, 0.1) is 5.82 Å².